The first-order chi connectivity index (χ1) is 3.68. The molecule has 0 saturated heterocycles. The summed E-state index contributed by atoms with van der Waals surface area (Å²) in [6, 6.07) is 0. The molecule has 0 aliphatic rings. The second kappa shape index (κ2) is 3.96. The summed E-state index contributed by atoms with van der Waals surface area (Å²) in [7, 11) is 0. The average Bonchev–Trinajstić information content (AvgIpc) is 1.67. The zero-order valence-corrected chi connectivity index (χ0v) is 6.55. The van der Waals surface area contributed by atoms with Crippen LogP contribution in [0.3, 0.4) is 0 Å². The van der Waals surface area contributed by atoms with Gasteiger partial charge in [0, 0.05) is 5.03 Å². The van der Waals surface area contributed by atoms with Gasteiger partial charge in [0.1, 0.15) is 0 Å². The second-order valence-corrected chi connectivity index (χ2v) is 2.63. The van der Waals surface area contributed by atoms with E-state index in [1.807, 2.05) is 6.92 Å². The minimum Gasteiger partial charge on any atom is -0.0895 e. The van der Waals surface area contributed by atoms with Crippen molar-refractivity contribution in [3.05, 3.63) is 10.6 Å². The van der Waals surface area contributed by atoms with Crippen molar-refractivity contribution >= 4 is 11.6 Å². The van der Waals surface area contributed by atoms with Crippen LogP contribution in [-0.2, 0) is 0 Å². The van der Waals surface area contributed by atoms with Crippen molar-refractivity contribution in [2.75, 3.05) is 0 Å². The molecule has 0 saturated carbocycles. The summed E-state index contributed by atoms with van der Waals surface area (Å²) in [5, 5.41) is 0.951. The minimum atomic E-state index is 0.951. The Bertz CT molecular complexity index is 88.6. The first-order valence-corrected chi connectivity index (χ1v) is 3.38. The van der Waals surface area contributed by atoms with Gasteiger partial charge in [-0.1, -0.05) is 30.5 Å². The molecule has 0 radical (unpaired) electrons. The Morgan fingerprint density at radius 3 is 2.00 bits per heavy atom. The van der Waals surface area contributed by atoms with E-state index in [1.165, 1.54) is 12.0 Å². The SMILES string of the molecule is CCCC(C)=C(C)Cl. The van der Waals surface area contributed by atoms with Crippen LogP contribution in [0.25, 0.3) is 0 Å². The van der Waals surface area contributed by atoms with Crippen molar-refractivity contribution in [2.45, 2.75) is 33.6 Å². The fourth-order valence-corrected chi connectivity index (χ4v) is 0.642. The average molecular weight is 133 g/mol. The van der Waals surface area contributed by atoms with Crippen molar-refractivity contribution < 1.29 is 0 Å². The van der Waals surface area contributed by atoms with E-state index in [0.717, 1.165) is 11.5 Å². The van der Waals surface area contributed by atoms with Crippen molar-refractivity contribution in [3.8, 4) is 0 Å². The van der Waals surface area contributed by atoms with E-state index >= 15 is 0 Å². The second-order valence-electron chi connectivity index (χ2n) is 2.06. The van der Waals surface area contributed by atoms with Crippen molar-refractivity contribution in [3.63, 3.8) is 0 Å². The van der Waals surface area contributed by atoms with Crippen LogP contribution in [0.15, 0.2) is 10.6 Å². The molecule has 8 heavy (non-hydrogen) atoms. The molecule has 0 bridgehead atoms. The van der Waals surface area contributed by atoms with Gasteiger partial charge >= 0.3 is 0 Å². The van der Waals surface area contributed by atoms with Crippen molar-refractivity contribution in [1.29, 1.82) is 0 Å². The summed E-state index contributed by atoms with van der Waals surface area (Å²) < 4.78 is 0. The zero-order chi connectivity index (χ0) is 6.57. The Balaban J connectivity index is 3.62. The van der Waals surface area contributed by atoms with Crippen LogP contribution in [0, 0.1) is 0 Å². The molecule has 0 N–H and O–H groups in total. The number of halogens is 1. The lowest BCUT2D eigenvalue weighted by Crippen LogP contribution is -1.75. The Labute approximate surface area is 56.5 Å². The summed E-state index contributed by atoms with van der Waals surface area (Å²) in [5.41, 5.74) is 1.31. The van der Waals surface area contributed by atoms with Gasteiger partial charge in [-0.05, 0) is 20.3 Å². The smallest absolute Gasteiger partial charge is 0.0139 e. The van der Waals surface area contributed by atoms with E-state index in [2.05, 4.69) is 13.8 Å². The molecule has 0 amide bonds. The van der Waals surface area contributed by atoms with Gasteiger partial charge in [0.25, 0.3) is 0 Å². The molecule has 1 heteroatoms. The van der Waals surface area contributed by atoms with Gasteiger partial charge < -0.3 is 0 Å². The lowest BCUT2D eigenvalue weighted by Gasteiger charge is -1.96. The lowest BCUT2D eigenvalue weighted by atomic mass is 10.2. The fraction of sp³-hybridized carbons (Fsp3) is 0.714. The molecule has 0 rings (SSSR count). The van der Waals surface area contributed by atoms with Crippen LogP contribution in [-0.4, -0.2) is 0 Å². The summed E-state index contributed by atoms with van der Waals surface area (Å²) in [5.74, 6) is 0. The van der Waals surface area contributed by atoms with Gasteiger partial charge in [-0.2, -0.15) is 0 Å². The molecule has 0 unspecified atom stereocenters. The number of rotatable bonds is 2. The van der Waals surface area contributed by atoms with Crippen LogP contribution in [0.2, 0.25) is 0 Å². The third-order valence-corrected chi connectivity index (χ3v) is 1.54. The van der Waals surface area contributed by atoms with E-state index in [4.69, 9.17) is 11.6 Å². The predicted molar refractivity (Wildman–Crippen MR) is 39.1 cm³/mol. The molecule has 0 nitrogen and oxygen atoms in total. The van der Waals surface area contributed by atoms with Crippen molar-refractivity contribution in [2.24, 2.45) is 0 Å². The number of hydrogen-bond donors (Lipinski definition) is 0. The predicted octanol–water partition coefficient (Wildman–Crippen LogP) is 3.32. The molecule has 0 spiro atoms. The van der Waals surface area contributed by atoms with E-state index in [1.54, 1.807) is 0 Å². The first-order valence-electron chi connectivity index (χ1n) is 3.00. The summed E-state index contributed by atoms with van der Waals surface area (Å²) in [4.78, 5) is 0. The number of hydrogen-bond acceptors (Lipinski definition) is 0. The highest BCUT2D eigenvalue weighted by Crippen LogP contribution is 2.12. The van der Waals surface area contributed by atoms with Crippen LogP contribution < -0.4 is 0 Å². The summed E-state index contributed by atoms with van der Waals surface area (Å²) in [6.07, 6.45) is 2.32. The summed E-state index contributed by atoms with van der Waals surface area (Å²) >= 11 is 5.69. The van der Waals surface area contributed by atoms with E-state index in [9.17, 15) is 0 Å². The van der Waals surface area contributed by atoms with Gasteiger partial charge in [0.05, 0.1) is 0 Å². The third kappa shape index (κ3) is 3.09. The molecular weight excluding hydrogens is 120 g/mol. The standard InChI is InChI=1S/C7H13Cl/c1-4-5-6(2)7(3)8/h4-5H2,1-3H3. The highest BCUT2D eigenvalue weighted by atomic mass is 35.5. The molecule has 0 aromatic rings. The normalized spacial score (nSPS) is 13.5. The van der Waals surface area contributed by atoms with Gasteiger partial charge in [-0.3, -0.25) is 0 Å². The number of allylic oxidation sites excluding steroid dienone is 2. The highest BCUT2D eigenvalue weighted by Gasteiger charge is 1.89. The van der Waals surface area contributed by atoms with Gasteiger partial charge in [-0.25, -0.2) is 0 Å². The molecule has 0 atom stereocenters. The summed E-state index contributed by atoms with van der Waals surface area (Å²) in [6.45, 7) is 6.17. The van der Waals surface area contributed by atoms with Crippen LogP contribution in [0.5, 0.6) is 0 Å². The Morgan fingerprint density at radius 2 is 1.88 bits per heavy atom. The van der Waals surface area contributed by atoms with Crippen LogP contribution in [0.1, 0.15) is 33.6 Å². The van der Waals surface area contributed by atoms with Crippen molar-refractivity contribution in [1.82, 2.24) is 0 Å². The zero-order valence-electron chi connectivity index (χ0n) is 5.79. The molecule has 0 aliphatic heterocycles. The first kappa shape index (κ1) is 8.03. The van der Waals surface area contributed by atoms with E-state index in [0.29, 0.717) is 0 Å². The quantitative estimate of drug-likeness (QED) is 0.541. The molecular formula is C7H13Cl. The molecule has 48 valence electrons. The maximum atomic E-state index is 5.69. The Hall–Kier alpha value is 0.0300. The fourth-order valence-electron chi connectivity index (χ4n) is 0.547. The molecule has 0 aromatic carbocycles. The van der Waals surface area contributed by atoms with Gasteiger partial charge in [0.15, 0.2) is 0 Å². The Morgan fingerprint density at radius 1 is 1.38 bits per heavy atom. The van der Waals surface area contributed by atoms with E-state index < -0.39 is 0 Å². The lowest BCUT2D eigenvalue weighted by molar-refractivity contribution is 0.900. The molecule has 0 heterocycles. The van der Waals surface area contributed by atoms with Gasteiger partial charge in [0.2, 0.25) is 0 Å². The van der Waals surface area contributed by atoms with Gasteiger partial charge in [-0.15, -0.1) is 0 Å². The third-order valence-electron chi connectivity index (χ3n) is 1.21. The van der Waals surface area contributed by atoms with E-state index in [-0.39, 0.29) is 0 Å². The highest BCUT2D eigenvalue weighted by molar-refractivity contribution is 6.29. The molecule has 0 fully saturated rings. The van der Waals surface area contributed by atoms with Crippen LogP contribution >= 0.6 is 11.6 Å². The van der Waals surface area contributed by atoms with Crippen LogP contribution in [0.4, 0.5) is 0 Å². The maximum absolute atomic E-state index is 5.69. The molecule has 0 aromatic heterocycles. The molecule has 0 aliphatic carbocycles. The monoisotopic (exact) mass is 132 g/mol. The largest absolute Gasteiger partial charge is 0.0895 e. The maximum Gasteiger partial charge on any atom is 0.0139 e. The Kier molecular flexibility index (Phi) is 3.98. The minimum absolute atomic E-state index is 0.951. The topological polar surface area (TPSA) is 0 Å².